The number of aromatic nitrogens is 1. The van der Waals surface area contributed by atoms with Crippen molar-refractivity contribution in [1.82, 2.24) is 4.98 Å². The van der Waals surface area contributed by atoms with Gasteiger partial charge in [-0.1, -0.05) is 6.07 Å². The number of hydrogen-bond acceptors (Lipinski definition) is 5. The lowest BCUT2D eigenvalue weighted by Gasteiger charge is -2.13. The van der Waals surface area contributed by atoms with Crippen LogP contribution in [0.1, 0.15) is 12.0 Å². The summed E-state index contributed by atoms with van der Waals surface area (Å²) in [6, 6.07) is 17.6. The quantitative estimate of drug-likeness (QED) is 0.643. The first-order valence-electron chi connectivity index (χ1n) is 8.46. The molecule has 0 spiro atoms. The molecule has 0 aliphatic carbocycles. The number of hydrogen-bond donors (Lipinski definition) is 2. The summed E-state index contributed by atoms with van der Waals surface area (Å²) in [5.74, 6) is 2.18. The molecule has 5 nitrogen and oxygen atoms in total. The van der Waals surface area contributed by atoms with Gasteiger partial charge in [0.15, 0.2) is 0 Å². The highest BCUT2D eigenvalue weighted by Crippen LogP contribution is 2.25. The van der Waals surface area contributed by atoms with Gasteiger partial charge in [0.05, 0.1) is 6.10 Å². The van der Waals surface area contributed by atoms with Gasteiger partial charge in [0.1, 0.15) is 29.6 Å². The Morgan fingerprint density at radius 2 is 1.54 bits per heavy atom. The van der Waals surface area contributed by atoms with Crippen molar-refractivity contribution in [3.8, 4) is 23.0 Å². The first-order chi connectivity index (χ1) is 12.7. The monoisotopic (exact) mass is 351 g/mol. The zero-order valence-corrected chi connectivity index (χ0v) is 14.3. The Labute approximate surface area is 152 Å². The summed E-state index contributed by atoms with van der Waals surface area (Å²) >= 11 is 0. The molecule has 0 saturated carbocycles. The van der Waals surface area contributed by atoms with Crippen LogP contribution in [0.15, 0.2) is 73.1 Å². The van der Waals surface area contributed by atoms with Crippen molar-refractivity contribution in [3.63, 3.8) is 0 Å². The van der Waals surface area contributed by atoms with Crippen LogP contribution in [0.4, 0.5) is 0 Å². The van der Waals surface area contributed by atoms with Crippen LogP contribution in [-0.4, -0.2) is 27.9 Å². The molecule has 0 bridgehead atoms. The van der Waals surface area contributed by atoms with Crippen molar-refractivity contribution in [2.75, 3.05) is 6.61 Å². The van der Waals surface area contributed by atoms with Crippen molar-refractivity contribution in [2.24, 2.45) is 0 Å². The van der Waals surface area contributed by atoms with Crippen LogP contribution in [0.2, 0.25) is 0 Å². The SMILES string of the molecule is Oc1ccc(Oc2ccc(OCC(O)CCc3cccnc3)cc2)cc1. The van der Waals surface area contributed by atoms with Crippen LogP contribution >= 0.6 is 0 Å². The maximum atomic E-state index is 10.1. The second kappa shape index (κ2) is 8.87. The molecule has 1 aromatic heterocycles. The molecule has 134 valence electrons. The van der Waals surface area contributed by atoms with E-state index in [4.69, 9.17) is 9.47 Å². The number of benzene rings is 2. The number of aryl methyl sites for hydroxylation is 1. The van der Waals surface area contributed by atoms with E-state index in [1.807, 2.05) is 12.1 Å². The Morgan fingerprint density at radius 1 is 0.885 bits per heavy atom. The number of nitrogens with zero attached hydrogens (tertiary/aromatic N) is 1. The predicted molar refractivity (Wildman–Crippen MR) is 98.7 cm³/mol. The first-order valence-corrected chi connectivity index (χ1v) is 8.46. The molecule has 3 rings (SSSR count). The summed E-state index contributed by atoms with van der Waals surface area (Å²) in [4.78, 5) is 4.06. The summed E-state index contributed by atoms with van der Waals surface area (Å²) in [6.07, 6.45) is 4.38. The number of phenolic OH excluding ortho intramolecular Hbond substituents is 1. The summed E-state index contributed by atoms with van der Waals surface area (Å²) in [6.45, 7) is 0.235. The van der Waals surface area contributed by atoms with Gasteiger partial charge >= 0.3 is 0 Å². The van der Waals surface area contributed by atoms with Crippen LogP contribution in [0.25, 0.3) is 0 Å². The third-order valence-corrected chi connectivity index (χ3v) is 3.83. The van der Waals surface area contributed by atoms with Crippen molar-refractivity contribution in [3.05, 3.63) is 78.6 Å². The van der Waals surface area contributed by atoms with Gasteiger partial charge in [-0.2, -0.15) is 0 Å². The van der Waals surface area contributed by atoms with Gasteiger partial charge in [-0.05, 0) is 73.0 Å². The van der Waals surface area contributed by atoms with Gasteiger partial charge in [0, 0.05) is 12.4 Å². The molecule has 0 amide bonds. The molecule has 1 heterocycles. The van der Waals surface area contributed by atoms with Gasteiger partial charge in [-0.15, -0.1) is 0 Å². The Hall–Kier alpha value is -3.05. The van der Waals surface area contributed by atoms with Gasteiger partial charge in [-0.3, -0.25) is 4.98 Å². The predicted octanol–water partition coefficient (Wildman–Crippen LogP) is 3.95. The minimum atomic E-state index is -0.539. The molecule has 1 unspecified atom stereocenters. The average molecular weight is 351 g/mol. The molecular formula is C21H21NO4. The third kappa shape index (κ3) is 5.50. The highest BCUT2D eigenvalue weighted by molar-refractivity contribution is 5.37. The first kappa shape index (κ1) is 17.8. The van der Waals surface area contributed by atoms with E-state index >= 15 is 0 Å². The minimum Gasteiger partial charge on any atom is -0.508 e. The lowest BCUT2D eigenvalue weighted by Crippen LogP contribution is -2.18. The van der Waals surface area contributed by atoms with Crippen LogP contribution < -0.4 is 9.47 Å². The molecule has 0 aliphatic heterocycles. The van der Waals surface area contributed by atoms with E-state index < -0.39 is 6.10 Å². The molecule has 1 atom stereocenters. The normalized spacial score (nSPS) is 11.7. The van der Waals surface area contributed by atoms with E-state index in [2.05, 4.69) is 4.98 Å². The standard InChI is InChI=1S/C21H21NO4/c23-17-5-7-20(8-6-17)26-21-11-9-19(10-12-21)25-15-18(24)4-3-16-2-1-13-22-14-16/h1-2,5-14,18,23-24H,3-4,15H2. The number of rotatable bonds is 8. The van der Waals surface area contributed by atoms with E-state index in [0.29, 0.717) is 23.7 Å². The van der Waals surface area contributed by atoms with Crippen LogP contribution in [-0.2, 0) is 6.42 Å². The molecule has 0 fully saturated rings. The van der Waals surface area contributed by atoms with Crippen molar-refractivity contribution < 1.29 is 19.7 Å². The maximum Gasteiger partial charge on any atom is 0.127 e. The number of pyridine rings is 1. The lowest BCUT2D eigenvalue weighted by molar-refractivity contribution is 0.100. The van der Waals surface area contributed by atoms with Crippen molar-refractivity contribution in [2.45, 2.75) is 18.9 Å². The van der Waals surface area contributed by atoms with Gasteiger partial charge in [0.25, 0.3) is 0 Å². The van der Waals surface area contributed by atoms with Crippen molar-refractivity contribution >= 4 is 0 Å². The molecule has 5 heteroatoms. The topological polar surface area (TPSA) is 71.8 Å². The minimum absolute atomic E-state index is 0.197. The van der Waals surface area contributed by atoms with Crippen LogP contribution in [0.5, 0.6) is 23.0 Å². The number of aromatic hydroxyl groups is 1. The van der Waals surface area contributed by atoms with Crippen LogP contribution in [0.3, 0.4) is 0 Å². The average Bonchev–Trinajstić information content (AvgIpc) is 2.68. The van der Waals surface area contributed by atoms with E-state index in [-0.39, 0.29) is 12.4 Å². The zero-order chi connectivity index (χ0) is 18.2. The fraction of sp³-hybridized carbons (Fsp3) is 0.190. The van der Waals surface area contributed by atoms with Crippen LogP contribution in [0, 0.1) is 0 Å². The maximum absolute atomic E-state index is 10.1. The molecule has 0 radical (unpaired) electrons. The fourth-order valence-electron chi connectivity index (χ4n) is 2.41. The van der Waals surface area contributed by atoms with E-state index in [1.165, 1.54) is 0 Å². The fourth-order valence-corrected chi connectivity index (χ4v) is 2.41. The smallest absolute Gasteiger partial charge is 0.127 e. The summed E-state index contributed by atoms with van der Waals surface area (Å²) < 4.78 is 11.3. The van der Waals surface area contributed by atoms with E-state index in [0.717, 1.165) is 12.0 Å². The number of aliphatic hydroxyl groups is 1. The van der Waals surface area contributed by atoms with Gasteiger partial charge < -0.3 is 19.7 Å². The van der Waals surface area contributed by atoms with Gasteiger partial charge in [0.2, 0.25) is 0 Å². The number of phenols is 1. The molecular weight excluding hydrogens is 330 g/mol. The van der Waals surface area contributed by atoms with E-state index in [1.54, 1.807) is 60.9 Å². The highest BCUT2D eigenvalue weighted by atomic mass is 16.5. The molecule has 3 aromatic rings. The lowest BCUT2D eigenvalue weighted by atomic mass is 10.1. The second-order valence-corrected chi connectivity index (χ2v) is 5.93. The second-order valence-electron chi connectivity index (χ2n) is 5.93. The number of aliphatic hydroxyl groups excluding tert-OH is 1. The van der Waals surface area contributed by atoms with Gasteiger partial charge in [-0.25, -0.2) is 0 Å². The Balaban J connectivity index is 1.44. The molecule has 0 aliphatic rings. The Bertz CT molecular complexity index is 789. The summed E-state index contributed by atoms with van der Waals surface area (Å²) in [5, 5.41) is 19.3. The highest BCUT2D eigenvalue weighted by Gasteiger charge is 2.06. The molecule has 0 saturated heterocycles. The largest absolute Gasteiger partial charge is 0.508 e. The Morgan fingerprint density at radius 3 is 2.19 bits per heavy atom. The number of ether oxygens (including phenoxy) is 2. The summed E-state index contributed by atoms with van der Waals surface area (Å²) in [5.41, 5.74) is 1.10. The summed E-state index contributed by atoms with van der Waals surface area (Å²) in [7, 11) is 0. The van der Waals surface area contributed by atoms with E-state index in [9.17, 15) is 10.2 Å². The molecule has 2 aromatic carbocycles. The Kier molecular flexibility index (Phi) is 6.06. The third-order valence-electron chi connectivity index (χ3n) is 3.83. The van der Waals surface area contributed by atoms with Crippen molar-refractivity contribution in [1.29, 1.82) is 0 Å². The molecule has 26 heavy (non-hydrogen) atoms. The zero-order valence-electron chi connectivity index (χ0n) is 14.3. The molecule has 2 N–H and O–H groups in total.